The minimum atomic E-state index is -0.176. The molecule has 0 unspecified atom stereocenters. The molecule has 2 rings (SSSR count). The summed E-state index contributed by atoms with van der Waals surface area (Å²) < 4.78 is 12.9. The lowest BCUT2D eigenvalue weighted by molar-refractivity contribution is 0.626. The predicted molar refractivity (Wildman–Crippen MR) is 54.5 cm³/mol. The quantitative estimate of drug-likeness (QED) is 0.674. The molecule has 0 heterocycles. The summed E-state index contributed by atoms with van der Waals surface area (Å²) in [5.74, 6) is -0.176. The van der Waals surface area contributed by atoms with Crippen LogP contribution in [0.3, 0.4) is 0 Å². The molecule has 2 aromatic carbocycles. The summed E-state index contributed by atoms with van der Waals surface area (Å²) in [6.07, 6.45) is 0.770. The molecule has 0 saturated heterocycles. The van der Waals surface area contributed by atoms with Gasteiger partial charge >= 0.3 is 0 Å². The fourth-order valence-electron chi connectivity index (χ4n) is 1.42. The summed E-state index contributed by atoms with van der Waals surface area (Å²) >= 11 is 0. The third kappa shape index (κ3) is 2.19. The Bertz CT molecular complexity index is 407. The maximum absolute atomic E-state index is 12.9. The van der Waals surface area contributed by atoms with Crippen LogP contribution in [0.15, 0.2) is 48.5 Å². The van der Waals surface area contributed by atoms with Gasteiger partial charge in [0, 0.05) is 0 Å². The van der Waals surface area contributed by atoms with Gasteiger partial charge in [-0.3, -0.25) is 0 Å². The summed E-state index contributed by atoms with van der Waals surface area (Å²) in [5.41, 5.74) is 2.17. The number of benzene rings is 2. The predicted octanol–water partition coefficient (Wildman–Crippen LogP) is 3.22. The Hall–Kier alpha value is -1.63. The molecule has 14 heavy (non-hydrogen) atoms. The van der Waals surface area contributed by atoms with Gasteiger partial charge in [0.15, 0.2) is 0 Å². The van der Waals surface area contributed by atoms with Crippen molar-refractivity contribution in [2.24, 2.45) is 0 Å². The van der Waals surface area contributed by atoms with E-state index in [1.807, 2.05) is 30.3 Å². The maximum atomic E-state index is 12.9. The van der Waals surface area contributed by atoms with Crippen molar-refractivity contribution in [1.82, 2.24) is 0 Å². The summed E-state index contributed by atoms with van der Waals surface area (Å²) in [6, 6.07) is 17.4. The van der Waals surface area contributed by atoms with E-state index in [0.29, 0.717) is 0 Å². The Morgan fingerprint density at radius 1 is 1.00 bits per heavy atom. The van der Waals surface area contributed by atoms with Crippen LogP contribution in [0, 0.1) is 11.9 Å². The smallest absolute Gasteiger partial charge is 0.123 e. The molecule has 1 heteroatoms. The van der Waals surface area contributed by atoms with Crippen LogP contribution in [-0.2, 0) is 6.42 Å². The summed E-state index contributed by atoms with van der Waals surface area (Å²) in [4.78, 5) is 0. The molecule has 0 saturated carbocycles. The molecule has 0 aromatic heterocycles. The Morgan fingerprint density at radius 2 is 1.79 bits per heavy atom. The van der Waals surface area contributed by atoms with Crippen molar-refractivity contribution in [3.63, 3.8) is 0 Å². The van der Waals surface area contributed by atoms with Crippen LogP contribution in [0.4, 0.5) is 4.39 Å². The van der Waals surface area contributed by atoms with Crippen LogP contribution in [-0.4, -0.2) is 0 Å². The van der Waals surface area contributed by atoms with Gasteiger partial charge in [0.25, 0.3) is 0 Å². The third-order valence-electron chi connectivity index (χ3n) is 2.08. The maximum Gasteiger partial charge on any atom is 0.123 e. The van der Waals surface area contributed by atoms with E-state index < -0.39 is 0 Å². The van der Waals surface area contributed by atoms with Crippen LogP contribution in [0.1, 0.15) is 11.1 Å². The molecule has 0 aliphatic rings. The van der Waals surface area contributed by atoms with E-state index in [-0.39, 0.29) is 5.82 Å². The third-order valence-corrected chi connectivity index (χ3v) is 2.08. The van der Waals surface area contributed by atoms with E-state index in [1.54, 1.807) is 12.1 Å². The van der Waals surface area contributed by atoms with E-state index in [1.165, 1.54) is 11.6 Å². The van der Waals surface area contributed by atoms with E-state index >= 15 is 0 Å². The van der Waals surface area contributed by atoms with Crippen LogP contribution in [0.2, 0.25) is 0 Å². The zero-order valence-corrected chi connectivity index (χ0v) is 7.70. The van der Waals surface area contributed by atoms with Crippen LogP contribution in [0.25, 0.3) is 0 Å². The van der Waals surface area contributed by atoms with Crippen molar-refractivity contribution in [1.29, 1.82) is 0 Å². The van der Waals surface area contributed by atoms with Gasteiger partial charge in [-0.1, -0.05) is 36.4 Å². The van der Waals surface area contributed by atoms with Gasteiger partial charge in [0.2, 0.25) is 0 Å². The average Bonchev–Trinajstić information content (AvgIpc) is 2.19. The first kappa shape index (κ1) is 8.95. The highest BCUT2D eigenvalue weighted by Crippen LogP contribution is 2.09. The van der Waals surface area contributed by atoms with Gasteiger partial charge in [0.1, 0.15) is 5.82 Å². The molecule has 0 aliphatic heterocycles. The second kappa shape index (κ2) is 4.05. The Kier molecular flexibility index (Phi) is 2.59. The zero-order chi connectivity index (χ0) is 9.80. The van der Waals surface area contributed by atoms with Gasteiger partial charge in [0.05, 0.1) is 0 Å². The van der Waals surface area contributed by atoms with E-state index in [0.717, 1.165) is 12.0 Å². The minimum absolute atomic E-state index is 0.176. The van der Waals surface area contributed by atoms with Crippen molar-refractivity contribution in [3.8, 4) is 0 Å². The van der Waals surface area contributed by atoms with Crippen molar-refractivity contribution in [2.45, 2.75) is 6.42 Å². The fourth-order valence-corrected chi connectivity index (χ4v) is 1.42. The van der Waals surface area contributed by atoms with Crippen molar-refractivity contribution >= 4 is 0 Å². The lowest BCUT2D eigenvalue weighted by atomic mass is 10.1. The van der Waals surface area contributed by atoms with Gasteiger partial charge in [-0.15, -0.1) is 0 Å². The molecule has 0 nitrogen and oxygen atoms in total. The summed E-state index contributed by atoms with van der Waals surface area (Å²) in [5, 5.41) is 0. The second-order valence-electron chi connectivity index (χ2n) is 3.21. The summed E-state index contributed by atoms with van der Waals surface area (Å²) in [6.45, 7) is 0. The van der Waals surface area contributed by atoms with E-state index in [9.17, 15) is 4.39 Å². The van der Waals surface area contributed by atoms with Crippen LogP contribution in [0.5, 0.6) is 0 Å². The van der Waals surface area contributed by atoms with Crippen molar-refractivity contribution in [2.75, 3.05) is 0 Å². The zero-order valence-electron chi connectivity index (χ0n) is 7.70. The standard InChI is InChI=1S/C13H10F/c14-13-8-4-7-12(10-13)9-11-5-2-1-3-6-11/h2-8,10H,9H2. The van der Waals surface area contributed by atoms with Crippen LogP contribution < -0.4 is 0 Å². The van der Waals surface area contributed by atoms with Gasteiger partial charge in [-0.05, 0) is 35.7 Å². The minimum Gasteiger partial charge on any atom is -0.207 e. The molecule has 0 fully saturated rings. The van der Waals surface area contributed by atoms with E-state index in [2.05, 4.69) is 6.07 Å². The molecule has 0 aliphatic carbocycles. The molecular weight excluding hydrogens is 175 g/mol. The molecule has 0 atom stereocenters. The number of halogens is 1. The largest absolute Gasteiger partial charge is 0.207 e. The lowest BCUT2D eigenvalue weighted by Gasteiger charge is -2.00. The van der Waals surface area contributed by atoms with Gasteiger partial charge < -0.3 is 0 Å². The Balaban J connectivity index is 2.19. The number of rotatable bonds is 2. The topological polar surface area (TPSA) is 0 Å². The molecule has 1 radical (unpaired) electrons. The highest BCUT2D eigenvalue weighted by molar-refractivity contribution is 5.25. The van der Waals surface area contributed by atoms with E-state index in [4.69, 9.17) is 0 Å². The first-order chi connectivity index (χ1) is 6.84. The molecule has 69 valence electrons. The second-order valence-corrected chi connectivity index (χ2v) is 3.21. The molecule has 0 bridgehead atoms. The highest BCUT2D eigenvalue weighted by atomic mass is 19.1. The molecule has 0 spiro atoms. The van der Waals surface area contributed by atoms with Crippen molar-refractivity contribution < 1.29 is 4.39 Å². The number of hydrogen-bond donors (Lipinski definition) is 0. The van der Waals surface area contributed by atoms with Crippen LogP contribution >= 0.6 is 0 Å². The lowest BCUT2D eigenvalue weighted by Crippen LogP contribution is -1.88. The van der Waals surface area contributed by atoms with Gasteiger partial charge in [-0.25, -0.2) is 4.39 Å². The Labute approximate surface area is 83.0 Å². The molecule has 0 N–H and O–H groups in total. The highest BCUT2D eigenvalue weighted by Gasteiger charge is 1.96. The SMILES string of the molecule is Fc1cccc(Cc2cc[c]cc2)c1. The molecule has 2 aromatic rings. The van der Waals surface area contributed by atoms with Gasteiger partial charge in [-0.2, -0.15) is 0 Å². The fraction of sp³-hybridized carbons (Fsp3) is 0.0769. The summed E-state index contributed by atoms with van der Waals surface area (Å²) in [7, 11) is 0. The number of hydrogen-bond acceptors (Lipinski definition) is 0. The normalized spacial score (nSPS) is 10.1. The Morgan fingerprint density at radius 3 is 2.50 bits per heavy atom. The molecule has 0 amide bonds. The first-order valence-electron chi connectivity index (χ1n) is 4.54. The monoisotopic (exact) mass is 185 g/mol. The molecular formula is C13H10F. The first-order valence-corrected chi connectivity index (χ1v) is 4.54. The van der Waals surface area contributed by atoms with Crippen molar-refractivity contribution in [3.05, 3.63) is 71.5 Å². The average molecular weight is 185 g/mol.